The Hall–Kier alpha value is -0.810. The second kappa shape index (κ2) is 10.5. The van der Waals surface area contributed by atoms with Gasteiger partial charge in [-0.3, -0.25) is 9.59 Å². The number of nitrogens with zero attached hydrogens (tertiary/aromatic N) is 2. The normalized spacial score (nSPS) is 33.1. The van der Waals surface area contributed by atoms with Gasteiger partial charge in [0, 0.05) is 44.6 Å². The molecule has 29 heavy (non-hydrogen) atoms. The minimum Gasteiger partial charge on any atom is -0.339 e. The van der Waals surface area contributed by atoms with Crippen LogP contribution >= 0.6 is 12.4 Å². The van der Waals surface area contributed by atoms with Gasteiger partial charge < -0.3 is 15.5 Å². The van der Waals surface area contributed by atoms with Crippen LogP contribution in [0.5, 0.6) is 0 Å². The maximum Gasteiger partial charge on any atom is 0.225 e. The van der Waals surface area contributed by atoms with Crippen LogP contribution in [0.1, 0.15) is 77.0 Å². The van der Waals surface area contributed by atoms with Gasteiger partial charge >= 0.3 is 0 Å². The lowest BCUT2D eigenvalue weighted by molar-refractivity contribution is -0.144. The molecule has 2 atom stereocenters. The molecule has 4 aliphatic rings. The maximum absolute atomic E-state index is 13.1. The average molecular weight is 426 g/mol. The Morgan fingerprint density at radius 3 is 2.00 bits per heavy atom. The Labute approximate surface area is 182 Å². The van der Waals surface area contributed by atoms with Crippen molar-refractivity contribution in [1.82, 2.24) is 9.80 Å². The first-order valence-electron chi connectivity index (χ1n) is 11.9. The molecule has 1 saturated heterocycles. The summed E-state index contributed by atoms with van der Waals surface area (Å²) >= 11 is 0. The highest BCUT2D eigenvalue weighted by Gasteiger charge is 2.42. The van der Waals surface area contributed by atoms with E-state index in [0.717, 1.165) is 25.2 Å². The van der Waals surface area contributed by atoms with Crippen LogP contribution in [0.4, 0.5) is 0 Å². The number of fused-ring (bicyclic) bond motifs is 2. The molecule has 0 aromatic heterocycles. The van der Waals surface area contributed by atoms with E-state index in [2.05, 4.69) is 0 Å². The van der Waals surface area contributed by atoms with Crippen molar-refractivity contribution < 1.29 is 9.59 Å². The predicted octanol–water partition coefficient (Wildman–Crippen LogP) is 3.59. The van der Waals surface area contributed by atoms with E-state index in [0.29, 0.717) is 62.3 Å². The predicted molar refractivity (Wildman–Crippen MR) is 118 cm³/mol. The fraction of sp³-hybridized carbons (Fsp3) is 0.913. The highest BCUT2D eigenvalue weighted by atomic mass is 35.5. The molecule has 3 saturated carbocycles. The Balaban J connectivity index is 0.00000240. The minimum absolute atomic E-state index is 0. The molecule has 2 bridgehead atoms. The molecule has 2 unspecified atom stereocenters. The third-order valence-electron chi connectivity index (χ3n) is 8.20. The molecule has 2 N–H and O–H groups in total. The van der Waals surface area contributed by atoms with Gasteiger partial charge in [-0.1, -0.05) is 38.5 Å². The van der Waals surface area contributed by atoms with Crippen LogP contribution in [0.25, 0.3) is 0 Å². The van der Waals surface area contributed by atoms with E-state index in [1.54, 1.807) is 0 Å². The topological polar surface area (TPSA) is 66.6 Å². The lowest BCUT2D eigenvalue weighted by atomic mass is 9.65. The van der Waals surface area contributed by atoms with E-state index >= 15 is 0 Å². The molecule has 0 aromatic rings. The number of carbonyl (C=O) groups excluding carboxylic acids is 2. The summed E-state index contributed by atoms with van der Waals surface area (Å²) in [6.07, 6.45) is 14.1. The van der Waals surface area contributed by atoms with Crippen molar-refractivity contribution in [3.63, 3.8) is 0 Å². The van der Waals surface area contributed by atoms with Gasteiger partial charge in [0.05, 0.1) is 0 Å². The zero-order valence-electron chi connectivity index (χ0n) is 17.9. The minimum atomic E-state index is 0. The third-order valence-corrected chi connectivity index (χ3v) is 8.20. The SMILES string of the molecule is Cl.NC1C2CCCC1CC(C(=O)N1CCN(C(=O)CCC3CCCCC3)CC1)C2. The largest absolute Gasteiger partial charge is 0.339 e. The van der Waals surface area contributed by atoms with Crippen molar-refractivity contribution in [2.75, 3.05) is 26.2 Å². The van der Waals surface area contributed by atoms with Crippen LogP contribution in [0.15, 0.2) is 0 Å². The molecule has 2 amide bonds. The number of amides is 2. The average Bonchev–Trinajstić information content (AvgIpc) is 2.72. The zero-order chi connectivity index (χ0) is 19.5. The molecule has 0 spiro atoms. The van der Waals surface area contributed by atoms with Crippen molar-refractivity contribution in [3.05, 3.63) is 0 Å². The summed E-state index contributed by atoms with van der Waals surface area (Å²) in [5, 5.41) is 0. The summed E-state index contributed by atoms with van der Waals surface area (Å²) in [6.45, 7) is 2.86. The first-order valence-corrected chi connectivity index (χ1v) is 11.9. The molecule has 0 aromatic carbocycles. The molecular formula is C23H40ClN3O2. The van der Waals surface area contributed by atoms with Crippen molar-refractivity contribution >= 4 is 24.2 Å². The Morgan fingerprint density at radius 1 is 0.793 bits per heavy atom. The smallest absolute Gasteiger partial charge is 0.225 e. The number of nitrogens with two attached hydrogens (primary N) is 1. The molecule has 4 fully saturated rings. The highest BCUT2D eigenvalue weighted by molar-refractivity contribution is 5.85. The fourth-order valence-corrected chi connectivity index (χ4v) is 6.39. The van der Waals surface area contributed by atoms with Crippen molar-refractivity contribution in [3.8, 4) is 0 Å². The summed E-state index contributed by atoms with van der Waals surface area (Å²) in [5.74, 6) is 2.66. The summed E-state index contributed by atoms with van der Waals surface area (Å²) in [5.41, 5.74) is 6.39. The van der Waals surface area contributed by atoms with Gasteiger partial charge in [0.2, 0.25) is 11.8 Å². The van der Waals surface area contributed by atoms with E-state index in [-0.39, 0.29) is 18.3 Å². The second-order valence-corrected chi connectivity index (χ2v) is 9.95. The lowest BCUT2D eigenvalue weighted by Gasteiger charge is -2.45. The van der Waals surface area contributed by atoms with Crippen LogP contribution in [-0.2, 0) is 9.59 Å². The van der Waals surface area contributed by atoms with Gasteiger partial charge in [0.25, 0.3) is 0 Å². The van der Waals surface area contributed by atoms with Crippen molar-refractivity contribution in [2.24, 2.45) is 29.4 Å². The van der Waals surface area contributed by atoms with Gasteiger partial charge in [0.1, 0.15) is 0 Å². The van der Waals surface area contributed by atoms with Crippen molar-refractivity contribution in [2.45, 2.75) is 83.1 Å². The van der Waals surface area contributed by atoms with Gasteiger partial charge in [-0.2, -0.15) is 0 Å². The van der Waals surface area contributed by atoms with E-state index in [1.165, 1.54) is 51.4 Å². The summed E-state index contributed by atoms with van der Waals surface area (Å²) in [7, 11) is 0. The maximum atomic E-state index is 13.1. The molecule has 0 radical (unpaired) electrons. The summed E-state index contributed by atoms with van der Waals surface area (Å²) in [4.78, 5) is 29.7. The van der Waals surface area contributed by atoms with Crippen molar-refractivity contribution in [1.29, 1.82) is 0 Å². The van der Waals surface area contributed by atoms with Crippen LogP contribution in [0.3, 0.4) is 0 Å². The standard InChI is InChI=1S/C23H39N3O2.ClH/c24-22-18-7-4-8-19(22)16-20(15-18)23(28)26-13-11-25(12-14-26)21(27)10-9-17-5-2-1-3-6-17;/h17-20,22H,1-16,24H2;1H. The lowest BCUT2D eigenvalue weighted by Crippen LogP contribution is -2.54. The molecule has 1 heterocycles. The van der Waals surface area contributed by atoms with Crippen LogP contribution in [0.2, 0.25) is 0 Å². The summed E-state index contributed by atoms with van der Waals surface area (Å²) < 4.78 is 0. The number of hydrogen-bond donors (Lipinski definition) is 1. The molecule has 3 aliphatic carbocycles. The highest BCUT2D eigenvalue weighted by Crippen LogP contribution is 2.42. The van der Waals surface area contributed by atoms with E-state index in [9.17, 15) is 9.59 Å². The Kier molecular flexibility index (Phi) is 8.26. The Morgan fingerprint density at radius 2 is 1.38 bits per heavy atom. The van der Waals surface area contributed by atoms with Gasteiger partial charge in [-0.05, 0) is 49.9 Å². The van der Waals surface area contributed by atoms with Gasteiger partial charge in [-0.15, -0.1) is 12.4 Å². The number of rotatable bonds is 4. The van der Waals surface area contributed by atoms with Crippen LogP contribution in [0, 0.1) is 23.7 Å². The molecule has 6 heteroatoms. The molecular weight excluding hydrogens is 386 g/mol. The molecule has 1 aliphatic heterocycles. The fourth-order valence-electron chi connectivity index (χ4n) is 6.39. The first-order chi connectivity index (χ1) is 13.6. The number of piperazine rings is 1. The molecule has 5 nitrogen and oxygen atoms in total. The third kappa shape index (κ3) is 5.46. The molecule has 4 rings (SSSR count). The number of carbonyl (C=O) groups is 2. The van der Waals surface area contributed by atoms with Crippen LogP contribution < -0.4 is 5.73 Å². The zero-order valence-corrected chi connectivity index (χ0v) is 18.7. The summed E-state index contributed by atoms with van der Waals surface area (Å²) in [6, 6.07) is 0.316. The number of hydrogen-bond acceptors (Lipinski definition) is 3. The van der Waals surface area contributed by atoms with Gasteiger partial charge in [0.15, 0.2) is 0 Å². The van der Waals surface area contributed by atoms with Gasteiger partial charge in [-0.25, -0.2) is 0 Å². The van der Waals surface area contributed by atoms with E-state index < -0.39 is 0 Å². The molecule has 166 valence electrons. The monoisotopic (exact) mass is 425 g/mol. The quantitative estimate of drug-likeness (QED) is 0.748. The first kappa shape index (κ1) is 22.9. The van der Waals surface area contributed by atoms with E-state index in [4.69, 9.17) is 5.73 Å². The second-order valence-electron chi connectivity index (χ2n) is 9.95. The Bertz CT molecular complexity index is 544. The number of halogens is 1. The van der Waals surface area contributed by atoms with Crippen LogP contribution in [-0.4, -0.2) is 53.8 Å². The van der Waals surface area contributed by atoms with E-state index in [1.807, 2.05) is 9.80 Å².